The van der Waals surface area contributed by atoms with Crippen molar-refractivity contribution in [3.63, 3.8) is 0 Å². The van der Waals surface area contributed by atoms with Gasteiger partial charge in [0.1, 0.15) is 23.6 Å². The zero-order valence-electron chi connectivity index (χ0n) is 16.1. The molecule has 0 fully saturated rings. The van der Waals surface area contributed by atoms with E-state index in [4.69, 9.17) is 9.47 Å². The van der Waals surface area contributed by atoms with E-state index in [1.807, 2.05) is 68.4 Å². The summed E-state index contributed by atoms with van der Waals surface area (Å²) >= 11 is 0. The summed E-state index contributed by atoms with van der Waals surface area (Å²) in [5.41, 5.74) is 1.73. The van der Waals surface area contributed by atoms with Gasteiger partial charge in [-0.25, -0.2) is 0 Å². The Bertz CT molecular complexity index is 961. The lowest BCUT2D eigenvalue weighted by Crippen LogP contribution is -2.31. The van der Waals surface area contributed by atoms with Crippen LogP contribution >= 0.6 is 0 Å². The Morgan fingerprint density at radius 2 is 1.54 bits per heavy atom. The minimum Gasteiger partial charge on any atom is -0.489 e. The molecule has 5 nitrogen and oxygen atoms in total. The van der Waals surface area contributed by atoms with Crippen molar-refractivity contribution in [1.82, 2.24) is 4.57 Å². The smallest absolute Gasteiger partial charge is 0.270 e. The number of hydrogen-bond donors (Lipinski definition) is 0. The van der Waals surface area contributed by atoms with Crippen LogP contribution in [0, 0.1) is 0 Å². The third kappa shape index (κ3) is 5.58. The Hall–Kier alpha value is -3.34. The number of carbonyl (C=O) groups is 1. The highest BCUT2D eigenvalue weighted by Gasteiger charge is 2.07. The molecule has 0 N–H and O–H groups in total. The number of ether oxygens (including phenoxy) is 2. The van der Waals surface area contributed by atoms with E-state index in [-0.39, 0.29) is 18.6 Å². The minimum absolute atomic E-state index is 0.0699. The molecule has 0 saturated heterocycles. The molecule has 1 heterocycles. The highest BCUT2D eigenvalue weighted by molar-refractivity contribution is 5.80. The van der Waals surface area contributed by atoms with Crippen molar-refractivity contribution in [2.45, 2.75) is 26.5 Å². The molecule has 0 atom stereocenters. The Balaban J connectivity index is 1.57. The first kappa shape index (κ1) is 19.4. The fourth-order valence-corrected chi connectivity index (χ4v) is 2.60. The Labute approximate surface area is 164 Å². The molecular formula is C23H24N2O3. The standard InChI is InChI=1S/C23H24N2O3/c1-18(2)24-22-10-6-7-15-25(22)23(26)17-28-21-13-11-20(12-14-21)27-16-19-8-4-3-5-9-19/h3-15,18H,16-17H2,1-2H3. The van der Waals surface area contributed by atoms with E-state index in [1.165, 1.54) is 4.57 Å². The first-order valence-corrected chi connectivity index (χ1v) is 9.26. The number of carbonyl (C=O) groups excluding carboxylic acids is 1. The van der Waals surface area contributed by atoms with Gasteiger partial charge in [-0.1, -0.05) is 36.4 Å². The molecule has 5 heteroatoms. The number of nitrogens with zero attached hydrogens (tertiary/aromatic N) is 2. The highest BCUT2D eigenvalue weighted by Crippen LogP contribution is 2.18. The van der Waals surface area contributed by atoms with E-state index in [9.17, 15) is 4.79 Å². The normalized spacial score (nSPS) is 11.5. The van der Waals surface area contributed by atoms with Crippen LogP contribution in [0.4, 0.5) is 0 Å². The van der Waals surface area contributed by atoms with Gasteiger partial charge in [-0.3, -0.25) is 14.4 Å². The lowest BCUT2D eigenvalue weighted by molar-refractivity contribution is 0.0831. The van der Waals surface area contributed by atoms with Gasteiger partial charge in [-0.2, -0.15) is 0 Å². The van der Waals surface area contributed by atoms with Gasteiger partial charge in [0, 0.05) is 12.2 Å². The molecule has 0 aliphatic rings. The van der Waals surface area contributed by atoms with Crippen molar-refractivity contribution < 1.29 is 14.3 Å². The second-order valence-electron chi connectivity index (χ2n) is 6.58. The van der Waals surface area contributed by atoms with Gasteiger partial charge < -0.3 is 9.47 Å². The van der Waals surface area contributed by atoms with Gasteiger partial charge in [0.25, 0.3) is 5.91 Å². The summed E-state index contributed by atoms with van der Waals surface area (Å²) in [4.78, 5) is 17.0. The molecular weight excluding hydrogens is 352 g/mol. The van der Waals surface area contributed by atoms with E-state index in [0.717, 1.165) is 11.3 Å². The second kappa shape index (κ2) is 9.55. The summed E-state index contributed by atoms with van der Waals surface area (Å²) in [5.74, 6) is 1.18. The molecule has 0 spiro atoms. The van der Waals surface area contributed by atoms with Crippen LogP contribution in [0.1, 0.15) is 24.2 Å². The summed E-state index contributed by atoms with van der Waals surface area (Å²) in [5, 5.41) is 0. The number of rotatable bonds is 7. The fraction of sp³-hybridized carbons (Fsp3) is 0.217. The van der Waals surface area contributed by atoms with E-state index in [0.29, 0.717) is 17.8 Å². The fourth-order valence-electron chi connectivity index (χ4n) is 2.60. The molecule has 0 amide bonds. The van der Waals surface area contributed by atoms with Gasteiger partial charge in [0.05, 0.1) is 0 Å². The largest absolute Gasteiger partial charge is 0.489 e. The van der Waals surface area contributed by atoms with Crippen LogP contribution in [-0.2, 0) is 6.61 Å². The first-order chi connectivity index (χ1) is 13.6. The average Bonchev–Trinajstić information content (AvgIpc) is 2.72. The Morgan fingerprint density at radius 3 is 2.21 bits per heavy atom. The summed E-state index contributed by atoms with van der Waals surface area (Å²) in [6, 6.07) is 22.8. The lowest BCUT2D eigenvalue weighted by Gasteiger charge is -2.10. The van der Waals surface area contributed by atoms with Crippen molar-refractivity contribution in [3.8, 4) is 11.5 Å². The van der Waals surface area contributed by atoms with Crippen LogP contribution in [0.5, 0.6) is 11.5 Å². The summed E-state index contributed by atoms with van der Waals surface area (Å²) < 4.78 is 12.9. The molecule has 0 aliphatic carbocycles. The molecule has 1 aromatic heterocycles. The van der Waals surface area contributed by atoms with Crippen LogP contribution in [0.15, 0.2) is 84.0 Å². The summed E-state index contributed by atoms with van der Waals surface area (Å²) in [7, 11) is 0. The minimum atomic E-state index is -0.176. The number of hydrogen-bond acceptors (Lipinski definition) is 4. The van der Waals surface area contributed by atoms with E-state index < -0.39 is 0 Å². The van der Waals surface area contributed by atoms with Crippen LogP contribution in [0.3, 0.4) is 0 Å². The second-order valence-corrected chi connectivity index (χ2v) is 6.58. The molecule has 0 aliphatic heterocycles. The number of benzene rings is 2. The van der Waals surface area contributed by atoms with Gasteiger partial charge in [-0.05, 0) is 55.8 Å². The van der Waals surface area contributed by atoms with E-state index in [1.54, 1.807) is 24.4 Å². The zero-order chi connectivity index (χ0) is 19.8. The molecule has 0 unspecified atom stereocenters. The predicted octanol–water partition coefficient (Wildman–Crippen LogP) is 4.10. The quantitative estimate of drug-likeness (QED) is 0.624. The SMILES string of the molecule is CC(C)N=c1ccccn1C(=O)COc1ccc(OCc2ccccc2)cc1. The maximum absolute atomic E-state index is 12.5. The first-order valence-electron chi connectivity index (χ1n) is 9.26. The average molecular weight is 376 g/mol. The molecule has 144 valence electrons. The predicted molar refractivity (Wildman–Crippen MR) is 108 cm³/mol. The number of aromatic nitrogens is 1. The highest BCUT2D eigenvalue weighted by atomic mass is 16.5. The number of pyridine rings is 1. The molecule has 0 bridgehead atoms. The van der Waals surface area contributed by atoms with Crippen LogP contribution in [0.2, 0.25) is 0 Å². The van der Waals surface area contributed by atoms with E-state index in [2.05, 4.69) is 4.99 Å². The summed E-state index contributed by atoms with van der Waals surface area (Å²) in [6.45, 7) is 4.38. The Morgan fingerprint density at radius 1 is 0.893 bits per heavy atom. The van der Waals surface area contributed by atoms with Crippen molar-refractivity contribution in [1.29, 1.82) is 0 Å². The van der Waals surface area contributed by atoms with Crippen LogP contribution in [0.25, 0.3) is 0 Å². The maximum Gasteiger partial charge on any atom is 0.270 e. The molecule has 0 radical (unpaired) electrons. The molecule has 3 aromatic rings. The molecule has 2 aromatic carbocycles. The van der Waals surface area contributed by atoms with Crippen molar-refractivity contribution in [3.05, 3.63) is 90.0 Å². The Kier molecular flexibility index (Phi) is 6.63. The van der Waals surface area contributed by atoms with Crippen molar-refractivity contribution in [2.75, 3.05) is 6.61 Å². The van der Waals surface area contributed by atoms with Crippen LogP contribution < -0.4 is 15.0 Å². The van der Waals surface area contributed by atoms with Gasteiger partial charge in [-0.15, -0.1) is 0 Å². The van der Waals surface area contributed by atoms with Gasteiger partial charge in [0.2, 0.25) is 0 Å². The third-order valence-electron chi connectivity index (χ3n) is 3.93. The van der Waals surface area contributed by atoms with Gasteiger partial charge >= 0.3 is 0 Å². The van der Waals surface area contributed by atoms with Gasteiger partial charge in [0.15, 0.2) is 6.61 Å². The van der Waals surface area contributed by atoms with E-state index >= 15 is 0 Å². The molecule has 0 saturated carbocycles. The van der Waals surface area contributed by atoms with Crippen molar-refractivity contribution in [2.24, 2.45) is 4.99 Å². The maximum atomic E-state index is 12.5. The molecule has 3 rings (SSSR count). The monoisotopic (exact) mass is 376 g/mol. The third-order valence-corrected chi connectivity index (χ3v) is 3.93. The topological polar surface area (TPSA) is 52.8 Å². The van der Waals surface area contributed by atoms with Crippen molar-refractivity contribution >= 4 is 5.91 Å². The van der Waals surface area contributed by atoms with Crippen LogP contribution in [-0.4, -0.2) is 23.1 Å². The molecule has 28 heavy (non-hydrogen) atoms. The summed E-state index contributed by atoms with van der Waals surface area (Å²) in [6.07, 6.45) is 1.70. The zero-order valence-corrected chi connectivity index (χ0v) is 16.1. The lowest BCUT2D eigenvalue weighted by atomic mass is 10.2.